The fourth-order valence-corrected chi connectivity index (χ4v) is 2.92. The molecule has 0 aliphatic carbocycles. The number of aliphatic hydroxyl groups excluding tert-OH is 2. The van der Waals surface area contributed by atoms with Crippen molar-refractivity contribution in [3.05, 3.63) is 24.3 Å². The van der Waals surface area contributed by atoms with Gasteiger partial charge in [-0.1, -0.05) is 6.07 Å². The Balaban J connectivity index is 3.35. The predicted octanol–water partition coefficient (Wildman–Crippen LogP) is -1.78. The number of nitrogens with zero attached hydrogens (tertiary/aromatic N) is 1. The van der Waals surface area contributed by atoms with Gasteiger partial charge in [-0.15, -0.1) is 4.31 Å². The van der Waals surface area contributed by atoms with E-state index >= 15 is 0 Å². The zero-order valence-corrected chi connectivity index (χ0v) is 10.7. The molecule has 0 bridgehead atoms. The van der Waals surface area contributed by atoms with E-state index in [1.54, 1.807) is 0 Å². The van der Waals surface area contributed by atoms with Crippen molar-refractivity contribution in [2.24, 2.45) is 5.14 Å². The Morgan fingerprint density at radius 2 is 1.56 bits per heavy atom. The molecule has 0 radical (unpaired) electrons. The summed E-state index contributed by atoms with van der Waals surface area (Å²) in [6.45, 7) is -1.86. The number of aliphatic hydroxyl groups is 2. The minimum Gasteiger partial charge on any atom is -0.380 e. The number of hydrogen-bond donors (Lipinski definition) is 3. The lowest BCUT2D eigenvalue weighted by atomic mass is 10.4. The highest BCUT2D eigenvalue weighted by Gasteiger charge is 2.24. The highest BCUT2D eigenvalue weighted by molar-refractivity contribution is 7.90. The van der Waals surface area contributed by atoms with E-state index in [-0.39, 0.29) is 4.90 Å². The van der Waals surface area contributed by atoms with Crippen molar-refractivity contribution in [1.29, 1.82) is 0 Å². The quantitative estimate of drug-likeness (QED) is 0.549. The van der Waals surface area contributed by atoms with E-state index in [0.717, 1.165) is 18.2 Å². The summed E-state index contributed by atoms with van der Waals surface area (Å²) < 4.78 is 46.2. The van der Waals surface area contributed by atoms with Gasteiger partial charge >= 0.3 is 0 Å². The Labute approximate surface area is 104 Å². The summed E-state index contributed by atoms with van der Waals surface area (Å²) in [5.41, 5.74) is 0. The zero-order valence-electron chi connectivity index (χ0n) is 9.09. The van der Waals surface area contributed by atoms with Crippen molar-refractivity contribution in [3.8, 4) is 0 Å². The second-order valence-corrected chi connectivity index (χ2v) is 6.76. The maximum absolute atomic E-state index is 11.8. The molecule has 18 heavy (non-hydrogen) atoms. The molecule has 4 N–H and O–H groups in total. The normalized spacial score (nSPS) is 12.9. The average Bonchev–Trinajstić information content (AvgIpc) is 2.29. The van der Waals surface area contributed by atoms with Gasteiger partial charge in [-0.05, 0) is 18.2 Å². The van der Waals surface area contributed by atoms with Gasteiger partial charge in [0.05, 0.1) is 9.79 Å². The van der Waals surface area contributed by atoms with Crippen molar-refractivity contribution < 1.29 is 27.0 Å². The summed E-state index contributed by atoms with van der Waals surface area (Å²) in [6.07, 6.45) is 0. The van der Waals surface area contributed by atoms with Crippen LogP contribution in [0.15, 0.2) is 34.1 Å². The van der Waals surface area contributed by atoms with Gasteiger partial charge in [0.25, 0.3) is 0 Å². The van der Waals surface area contributed by atoms with E-state index in [1.165, 1.54) is 6.07 Å². The topological polar surface area (TPSA) is 138 Å². The highest BCUT2D eigenvalue weighted by Crippen LogP contribution is 2.18. The maximum Gasteiger partial charge on any atom is 0.247 e. The highest BCUT2D eigenvalue weighted by atomic mass is 32.2. The third-order valence-corrected chi connectivity index (χ3v) is 4.76. The molecule has 0 amide bonds. The molecule has 0 saturated carbocycles. The van der Waals surface area contributed by atoms with Gasteiger partial charge in [0, 0.05) is 0 Å². The van der Waals surface area contributed by atoms with Crippen LogP contribution in [0.3, 0.4) is 0 Å². The SMILES string of the molecule is NS(=O)(=O)c1cccc(S(=O)(=O)N(CO)CO)c1. The van der Waals surface area contributed by atoms with Gasteiger partial charge in [0.15, 0.2) is 0 Å². The summed E-state index contributed by atoms with van der Waals surface area (Å²) in [6, 6.07) is 4.31. The van der Waals surface area contributed by atoms with Gasteiger partial charge < -0.3 is 10.2 Å². The van der Waals surface area contributed by atoms with Crippen LogP contribution in [0.5, 0.6) is 0 Å². The van der Waals surface area contributed by atoms with Crippen LogP contribution in [0, 0.1) is 0 Å². The Bertz CT molecular complexity index is 621. The molecule has 0 fully saturated rings. The summed E-state index contributed by atoms with van der Waals surface area (Å²) in [7, 11) is -8.20. The Kier molecular flexibility index (Phi) is 4.42. The standard InChI is InChI=1S/C8H12N2O6S2/c9-17(13,14)7-2-1-3-8(4-7)18(15,16)10(5-11)6-12/h1-4,11-12H,5-6H2,(H2,9,13,14). The predicted molar refractivity (Wildman–Crippen MR) is 61.0 cm³/mol. The van der Waals surface area contributed by atoms with Gasteiger partial charge in [-0.25, -0.2) is 22.0 Å². The van der Waals surface area contributed by atoms with E-state index in [1.807, 2.05) is 0 Å². The maximum atomic E-state index is 11.8. The molecule has 0 heterocycles. The molecule has 1 aromatic rings. The Hall–Kier alpha value is -1.04. The van der Waals surface area contributed by atoms with E-state index in [0.29, 0.717) is 4.31 Å². The van der Waals surface area contributed by atoms with Crippen LogP contribution in [0.2, 0.25) is 0 Å². The third-order valence-electron chi connectivity index (χ3n) is 2.09. The van der Waals surface area contributed by atoms with E-state index in [9.17, 15) is 16.8 Å². The largest absolute Gasteiger partial charge is 0.380 e. The number of hydrogen-bond acceptors (Lipinski definition) is 6. The second-order valence-electron chi connectivity index (χ2n) is 3.26. The van der Waals surface area contributed by atoms with Gasteiger partial charge in [-0.2, -0.15) is 0 Å². The number of rotatable bonds is 5. The van der Waals surface area contributed by atoms with Crippen molar-refractivity contribution >= 4 is 20.0 Å². The molecule has 1 aromatic carbocycles. The second kappa shape index (κ2) is 5.30. The summed E-state index contributed by atoms with van der Waals surface area (Å²) >= 11 is 0. The summed E-state index contributed by atoms with van der Waals surface area (Å²) in [5, 5.41) is 22.5. The lowest BCUT2D eigenvalue weighted by molar-refractivity contribution is 0.0965. The molecule has 10 heteroatoms. The minimum atomic E-state index is -4.17. The number of nitrogens with two attached hydrogens (primary N) is 1. The molecular weight excluding hydrogens is 284 g/mol. The molecule has 0 atom stereocenters. The third kappa shape index (κ3) is 3.04. The number of sulfonamides is 2. The number of benzene rings is 1. The lowest BCUT2D eigenvalue weighted by Crippen LogP contribution is -2.32. The van der Waals surface area contributed by atoms with Crippen LogP contribution in [-0.2, 0) is 20.0 Å². The molecule has 102 valence electrons. The van der Waals surface area contributed by atoms with Crippen molar-refractivity contribution in [2.45, 2.75) is 9.79 Å². The average molecular weight is 296 g/mol. The Morgan fingerprint density at radius 3 is 2.00 bits per heavy atom. The van der Waals surface area contributed by atoms with Crippen molar-refractivity contribution in [3.63, 3.8) is 0 Å². The summed E-state index contributed by atoms with van der Waals surface area (Å²) in [4.78, 5) is -0.767. The van der Waals surface area contributed by atoms with Crippen LogP contribution in [0.1, 0.15) is 0 Å². The smallest absolute Gasteiger partial charge is 0.247 e. The number of primary sulfonamides is 1. The first kappa shape index (κ1) is 15.0. The zero-order chi connectivity index (χ0) is 14.0. The van der Waals surface area contributed by atoms with Crippen molar-refractivity contribution in [2.75, 3.05) is 13.5 Å². The van der Waals surface area contributed by atoms with E-state index in [4.69, 9.17) is 15.4 Å². The van der Waals surface area contributed by atoms with Crippen molar-refractivity contribution in [1.82, 2.24) is 4.31 Å². The Morgan fingerprint density at radius 1 is 1.06 bits per heavy atom. The van der Waals surface area contributed by atoms with Crippen LogP contribution in [0.4, 0.5) is 0 Å². The van der Waals surface area contributed by atoms with Crippen LogP contribution >= 0.6 is 0 Å². The fourth-order valence-electron chi connectivity index (χ4n) is 1.16. The van der Waals surface area contributed by atoms with Gasteiger partial charge in [-0.3, -0.25) is 0 Å². The fraction of sp³-hybridized carbons (Fsp3) is 0.250. The van der Waals surface area contributed by atoms with Crippen LogP contribution in [0.25, 0.3) is 0 Å². The van der Waals surface area contributed by atoms with Gasteiger partial charge in [0.2, 0.25) is 20.0 Å². The molecular formula is C8H12N2O6S2. The first-order valence-electron chi connectivity index (χ1n) is 4.58. The minimum absolute atomic E-state index is 0.356. The van der Waals surface area contributed by atoms with E-state index < -0.39 is 38.4 Å². The van der Waals surface area contributed by atoms with Crippen LogP contribution < -0.4 is 5.14 Å². The molecule has 0 aliphatic heterocycles. The molecule has 1 rings (SSSR count). The summed E-state index contributed by atoms with van der Waals surface area (Å²) in [5.74, 6) is 0. The lowest BCUT2D eigenvalue weighted by Gasteiger charge is -2.16. The monoisotopic (exact) mass is 296 g/mol. The van der Waals surface area contributed by atoms with E-state index in [2.05, 4.69) is 0 Å². The molecule has 0 saturated heterocycles. The molecule has 0 aromatic heterocycles. The molecule has 0 unspecified atom stereocenters. The first-order valence-corrected chi connectivity index (χ1v) is 7.57. The van der Waals surface area contributed by atoms with Crippen LogP contribution in [-0.4, -0.2) is 44.8 Å². The molecule has 0 spiro atoms. The van der Waals surface area contributed by atoms with Gasteiger partial charge in [0.1, 0.15) is 13.5 Å². The molecule has 0 aliphatic rings. The molecule has 8 nitrogen and oxygen atoms in total. The first-order chi connectivity index (χ1) is 8.23.